The molecule has 11 nitrogen and oxygen atoms in total. The van der Waals surface area contributed by atoms with E-state index in [1.165, 1.54) is 6.33 Å². The Labute approximate surface area is 167 Å². The molecule has 0 unspecified atom stereocenters. The fourth-order valence-electron chi connectivity index (χ4n) is 3.28. The van der Waals surface area contributed by atoms with Crippen LogP contribution in [-0.4, -0.2) is 65.7 Å². The van der Waals surface area contributed by atoms with E-state index in [0.29, 0.717) is 31.3 Å². The molecule has 0 N–H and O–H groups in total. The van der Waals surface area contributed by atoms with Gasteiger partial charge in [-0.25, -0.2) is 19.1 Å². The number of likely N-dealkylation sites (tertiary alicyclic amines) is 1. The van der Waals surface area contributed by atoms with E-state index in [0.717, 1.165) is 18.5 Å². The van der Waals surface area contributed by atoms with Gasteiger partial charge in [0.05, 0.1) is 18.3 Å². The van der Waals surface area contributed by atoms with E-state index in [1.54, 1.807) is 27.5 Å². The van der Waals surface area contributed by atoms with Gasteiger partial charge >= 0.3 is 6.09 Å². The van der Waals surface area contributed by atoms with Gasteiger partial charge in [-0.2, -0.15) is 5.10 Å². The summed E-state index contributed by atoms with van der Waals surface area (Å²) in [4.78, 5) is 17.5. The zero-order valence-electron chi connectivity index (χ0n) is 16.1. The topological polar surface area (TPSA) is 113 Å². The van der Waals surface area contributed by atoms with Gasteiger partial charge in [0.1, 0.15) is 25.0 Å². The first kappa shape index (κ1) is 18.8. The lowest BCUT2D eigenvalue weighted by atomic mass is 10.1. The molecule has 29 heavy (non-hydrogen) atoms. The molecule has 0 saturated carbocycles. The van der Waals surface area contributed by atoms with Gasteiger partial charge in [-0.05, 0) is 54.5 Å². The molecule has 1 aliphatic heterocycles. The van der Waals surface area contributed by atoms with Crippen molar-refractivity contribution < 1.29 is 14.3 Å². The molecular formula is C18H22N8O3. The predicted molar refractivity (Wildman–Crippen MR) is 100 cm³/mol. The van der Waals surface area contributed by atoms with Crippen molar-refractivity contribution in [2.45, 2.75) is 32.4 Å². The van der Waals surface area contributed by atoms with E-state index in [-0.39, 0.29) is 18.7 Å². The third-order valence-corrected chi connectivity index (χ3v) is 4.79. The molecule has 2 aromatic heterocycles. The normalized spacial score (nSPS) is 14.7. The summed E-state index contributed by atoms with van der Waals surface area (Å²) >= 11 is 0. The second kappa shape index (κ2) is 8.67. The molecule has 11 heteroatoms. The molecule has 4 rings (SSSR count). The van der Waals surface area contributed by atoms with Gasteiger partial charge in [0.2, 0.25) is 0 Å². The second-order valence-corrected chi connectivity index (χ2v) is 6.58. The summed E-state index contributed by atoms with van der Waals surface area (Å²) in [6.07, 6.45) is 4.39. The number of carbonyl (C=O) groups excluding carboxylic acids is 1. The van der Waals surface area contributed by atoms with E-state index in [4.69, 9.17) is 9.47 Å². The zero-order chi connectivity index (χ0) is 20.1. The molecule has 152 valence electrons. The van der Waals surface area contributed by atoms with Gasteiger partial charge in [0, 0.05) is 13.1 Å². The minimum atomic E-state index is -0.263. The van der Waals surface area contributed by atoms with Crippen molar-refractivity contribution in [2.75, 3.05) is 19.7 Å². The lowest BCUT2D eigenvalue weighted by Gasteiger charge is -2.31. The van der Waals surface area contributed by atoms with Crippen molar-refractivity contribution >= 4 is 6.09 Å². The summed E-state index contributed by atoms with van der Waals surface area (Å²) in [7, 11) is 0. The summed E-state index contributed by atoms with van der Waals surface area (Å²) in [5.74, 6) is 1.36. The third-order valence-electron chi connectivity index (χ3n) is 4.79. The summed E-state index contributed by atoms with van der Waals surface area (Å²) in [6.45, 7) is 3.68. The monoisotopic (exact) mass is 398 g/mol. The molecule has 0 atom stereocenters. The maximum atomic E-state index is 11.8. The van der Waals surface area contributed by atoms with Crippen molar-refractivity contribution in [1.82, 2.24) is 39.9 Å². The molecule has 1 fully saturated rings. The van der Waals surface area contributed by atoms with Gasteiger partial charge in [-0.3, -0.25) is 0 Å². The number of piperidine rings is 1. The standard InChI is InChI=1S/C18H22N8O3/c1-2-28-18(27)24-9-7-15(8-10-24)26-17(21-22-23-26)11-29-16-5-3-14(4-6-16)25-13-19-12-20-25/h3-6,12-13,15H,2,7-11H2,1H3. The van der Waals surface area contributed by atoms with Crippen LogP contribution in [0.4, 0.5) is 4.79 Å². The van der Waals surface area contributed by atoms with Crippen molar-refractivity contribution in [2.24, 2.45) is 0 Å². The summed E-state index contributed by atoms with van der Waals surface area (Å²) in [5.41, 5.74) is 0.896. The molecular weight excluding hydrogens is 376 g/mol. The first-order chi connectivity index (χ1) is 14.2. The highest BCUT2D eigenvalue weighted by Gasteiger charge is 2.27. The molecule has 1 amide bonds. The quantitative estimate of drug-likeness (QED) is 0.616. The first-order valence-corrected chi connectivity index (χ1v) is 9.51. The number of aromatic nitrogens is 7. The minimum Gasteiger partial charge on any atom is -0.486 e. The van der Waals surface area contributed by atoms with Crippen LogP contribution in [0.15, 0.2) is 36.9 Å². The van der Waals surface area contributed by atoms with Gasteiger partial charge in [0.15, 0.2) is 5.82 Å². The summed E-state index contributed by atoms with van der Waals surface area (Å²) < 4.78 is 14.4. The van der Waals surface area contributed by atoms with Crippen LogP contribution in [-0.2, 0) is 11.3 Å². The Balaban J connectivity index is 1.33. The first-order valence-electron chi connectivity index (χ1n) is 9.51. The largest absolute Gasteiger partial charge is 0.486 e. The molecule has 0 spiro atoms. The number of hydrogen-bond acceptors (Lipinski definition) is 8. The SMILES string of the molecule is CCOC(=O)N1CCC(n2nnnc2COc2ccc(-n3cncn3)cc2)CC1. The number of rotatable bonds is 6. The van der Waals surface area contributed by atoms with Gasteiger partial charge in [-0.15, -0.1) is 5.10 Å². The Kier molecular flexibility index (Phi) is 5.63. The van der Waals surface area contributed by atoms with Crippen LogP contribution in [0.1, 0.15) is 31.6 Å². The minimum absolute atomic E-state index is 0.129. The molecule has 3 heterocycles. The Morgan fingerprint density at radius 2 is 2.00 bits per heavy atom. The fraction of sp³-hybridized carbons (Fsp3) is 0.444. The average molecular weight is 398 g/mol. The Bertz CT molecular complexity index is 917. The molecule has 1 aliphatic rings. The highest BCUT2D eigenvalue weighted by atomic mass is 16.6. The van der Waals surface area contributed by atoms with E-state index < -0.39 is 0 Å². The average Bonchev–Trinajstić information content (AvgIpc) is 3.45. The van der Waals surface area contributed by atoms with Gasteiger partial charge in [-0.1, -0.05) is 0 Å². The second-order valence-electron chi connectivity index (χ2n) is 6.58. The Morgan fingerprint density at radius 3 is 2.69 bits per heavy atom. The van der Waals surface area contributed by atoms with E-state index >= 15 is 0 Å². The van der Waals surface area contributed by atoms with Crippen molar-refractivity contribution in [3.05, 3.63) is 42.7 Å². The van der Waals surface area contributed by atoms with Crippen molar-refractivity contribution in [1.29, 1.82) is 0 Å². The number of tetrazole rings is 1. The zero-order valence-corrected chi connectivity index (χ0v) is 16.1. The van der Waals surface area contributed by atoms with Crippen LogP contribution in [0.25, 0.3) is 5.69 Å². The number of carbonyl (C=O) groups is 1. The lowest BCUT2D eigenvalue weighted by molar-refractivity contribution is 0.0906. The molecule has 3 aromatic rings. The van der Waals surface area contributed by atoms with Gasteiger partial charge < -0.3 is 14.4 Å². The number of benzene rings is 1. The maximum Gasteiger partial charge on any atom is 0.409 e. The van der Waals surface area contributed by atoms with E-state index in [9.17, 15) is 4.79 Å². The van der Waals surface area contributed by atoms with Crippen LogP contribution in [0.5, 0.6) is 5.75 Å². The number of nitrogens with zero attached hydrogens (tertiary/aromatic N) is 8. The maximum absolute atomic E-state index is 11.8. The van der Waals surface area contributed by atoms with Crippen molar-refractivity contribution in [3.8, 4) is 11.4 Å². The smallest absolute Gasteiger partial charge is 0.409 e. The van der Waals surface area contributed by atoms with Crippen molar-refractivity contribution in [3.63, 3.8) is 0 Å². The van der Waals surface area contributed by atoms with Crippen LogP contribution < -0.4 is 4.74 Å². The lowest BCUT2D eigenvalue weighted by Crippen LogP contribution is -2.39. The number of ether oxygens (including phenoxy) is 2. The number of hydrogen-bond donors (Lipinski definition) is 0. The third kappa shape index (κ3) is 4.33. The molecule has 0 aliphatic carbocycles. The Hall–Kier alpha value is -3.50. The molecule has 1 saturated heterocycles. The van der Waals surface area contributed by atoms with Gasteiger partial charge in [0.25, 0.3) is 0 Å². The number of amides is 1. The molecule has 0 radical (unpaired) electrons. The fourth-order valence-corrected chi connectivity index (χ4v) is 3.28. The summed E-state index contributed by atoms with van der Waals surface area (Å²) in [5, 5.41) is 16.1. The Morgan fingerprint density at radius 1 is 1.21 bits per heavy atom. The van der Waals surface area contributed by atoms with Crippen LogP contribution >= 0.6 is 0 Å². The van der Waals surface area contributed by atoms with E-state index in [1.807, 2.05) is 24.3 Å². The van der Waals surface area contributed by atoms with Crippen LogP contribution in [0.2, 0.25) is 0 Å². The van der Waals surface area contributed by atoms with E-state index in [2.05, 4.69) is 25.6 Å². The highest BCUT2D eigenvalue weighted by Crippen LogP contribution is 2.23. The summed E-state index contributed by atoms with van der Waals surface area (Å²) in [6, 6.07) is 7.66. The molecule has 1 aromatic carbocycles. The highest BCUT2D eigenvalue weighted by molar-refractivity contribution is 5.67. The van der Waals surface area contributed by atoms with Crippen LogP contribution in [0.3, 0.4) is 0 Å². The predicted octanol–water partition coefficient (Wildman–Crippen LogP) is 1.63. The van der Waals surface area contributed by atoms with Crippen LogP contribution in [0, 0.1) is 0 Å². The molecule has 0 bridgehead atoms.